The van der Waals surface area contributed by atoms with Crippen molar-refractivity contribution in [2.24, 2.45) is 0 Å². The summed E-state index contributed by atoms with van der Waals surface area (Å²) in [7, 11) is 0. The van der Waals surface area contributed by atoms with Crippen LogP contribution < -0.4 is 10.6 Å². The lowest BCUT2D eigenvalue weighted by Gasteiger charge is -2.10. The average Bonchev–Trinajstić information content (AvgIpc) is 2.45. The van der Waals surface area contributed by atoms with Gasteiger partial charge in [0.2, 0.25) is 5.91 Å². The predicted octanol–water partition coefficient (Wildman–Crippen LogP) is 4.38. The molecule has 1 amide bonds. The van der Waals surface area contributed by atoms with Crippen LogP contribution in [0, 0.1) is 0 Å². The molecule has 2 N–H and O–H groups in total. The molecule has 0 spiro atoms. The van der Waals surface area contributed by atoms with E-state index >= 15 is 0 Å². The summed E-state index contributed by atoms with van der Waals surface area (Å²) in [6, 6.07) is 12.4. The van der Waals surface area contributed by atoms with Crippen LogP contribution in [0.2, 0.25) is 15.1 Å². The monoisotopic (exact) mass is 342 g/mol. The van der Waals surface area contributed by atoms with Crippen LogP contribution in [0.4, 0.5) is 5.69 Å². The maximum atomic E-state index is 11.8. The molecule has 110 valence electrons. The Kier molecular flexibility index (Phi) is 5.74. The van der Waals surface area contributed by atoms with Crippen LogP contribution in [0.1, 0.15) is 5.56 Å². The highest BCUT2D eigenvalue weighted by Crippen LogP contribution is 2.25. The van der Waals surface area contributed by atoms with Crippen molar-refractivity contribution in [1.29, 1.82) is 0 Å². The minimum atomic E-state index is -0.152. The zero-order valence-electron chi connectivity index (χ0n) is 11.0. The number of carbonyl (C=O) groups excluding carboxylic acids is 1. The highest BCUT2D eigenvalue weighted by atomic mass is 35.5. The summed E-state index contributed by atoms with van der Waals surface area (Å²) in [5.74, 6) is -0.152. The Morgan fingerprint density at radius 2 is 1.76 bits per heavy atom. The van der Waals surface area contributed by atoms with E-state index in [0.29, 0.717) is 27.3 Å². The van der Waals surface area contributed by atoms with E-state index in [1.807, 2.05) is 18.2 Å². The van der Waals surface area contributed by atoms with Gasteiger partial charge in [-0.1, -0.05) is 53.0 Å². The smallest absolute Gasteiger partial charge is 0.239 e. The number of amides is 1. The van der Waals surface area contributed by atoms with E-state index in [4.69, 9.17) is 34.8 Å². The van der Waals surface area contributed by atoms with Crippen LogP contribution in [-0.2, 0) is 11.3 Å². The van der Waals surface area contributed by atoms with E-state index in [2.05, 4.69) is 10.6 Å². The normalized spacial score (nSPS) is 10.2. The molecule has 2 aromatic carbocycles. The van der Waals surface area contributed by atoms with Crippen LogP contribution in [0.15, 0.2) is 42.5 Å². The lowest BCUT2D eigenvalue weighted by atomic mass is 10.2. The zero-order chi connectivity index (χ0) is 15.2. The van der Waals surface area contributed by atoms with Gasteiger partial charge in [-0.05, 0) is 29.8 Å². The van der Waals surface area contributed by atoms with Gasteiger partial charge in [0.1, 0.15) is 0 Å². The minimum Gasteiger partial charge on any atom is -0.375 e. The van der Waals surface area contributed by atoms with Crippen molar-refractivity contribution < 1.29 is 4.79 Å². The molecule has 0 atom stereocenters. The van der Waals surface area contributed by atoms with E-state index < -0.39 is 0 Å². The van der Waals surface area contributed by atoms with E-state index in [-0.39, 0.29) is 12.5 Å². The van der Waals surface area contributed by atoms with E-state index in [1.165, 1.54) is 0 Å². The quantitative estimate of drug-likeness (QED) is 0.846. The van der Waals surface area contributed by atoms with Gasteiger partial charge in [-0.2, -0.15) is 0 Å². The number of anilines is 1. The van der Waals surface area contributed by atoms with Crippen molar-refractivity contribution >= 4 is 46.4 Å². The van der Waals surface area contributed by atoms with Crippen molar-refractivity contribution in [2.45, 2.75) is 6.54 Å². The largest absolute Gasteiger partial charge is 0.375 e. The number of halogens is 3. The van der Waals surface area contributed by atoms with Crippen LogP contribution in [0.5, 0.6) is 0 Å². The molecule has 0 radical (unpaired) electrons. The van der Waals surface area contributed by atoms with Gasteiger partial charge in [0.15, 0.2) is 0 Å². The number of nitrogens with one attached hydrogen (secondary N) is 2. The molecule has 0 saturated heterocycles. The molecule has 0 aliphatic carbocycles. The van der Waals surface area contributed by atoms with Gasteiger partial charge in [0, 0.05) is 16.6 Å². The zero-order valence-corrected chi connectivity index (χ0v) is 13.3. The standard InChI is InChI=1S/C15H13Cl3N2O/c16-11-5-6-14(13(18)7-11)19-9-15(21)20-8-10-3-1-2-4-12(10)17/h1-7,19H,8-9H2,(H,20,21). The SMILES string of the molecule is O=C(CNc1ccc(Cl)cc1Cl)NCc1ccccc1Cl. The molecule has 2 aromatic rings. The van der Waals surface area contributed by atoms with E-state index in [9.17, 15) is 4.79 Å². The van der Waals surface area contributed by atoms with Crippen molar-refractivity contribution in [3.63, 3.8) is 0 Å². The first-order valence-corrected chi connectivity index (χ1v) is 7.38. The lowest BCUT2D eigenvalue weighted by Crippen LogP contribution is -2.29. The van der Waals surface area contributed by atoms with Crippen LogP contribution in [0.3, 0.4) is 0 Å². The van der Waals surface area contributed by atoms with Crippen molar-refractivity contribution in [1.82, 2.24) is 5.32 Å². The van der Waals surface area contributed by atoms with Gasteiger partial charge < -0.3 is 10.6 Å². The van der Waals surface area contributed by atoms with Crippen molar-refractivity contribution in [2.75, 3.05) is 11.9 Å². The Hall–Kier alpha value is -1.42. The first-order valence-electron chi connectivity index (χ1n) is 6.25. The summed E-state index contributed by atoms with van der Waals surface area (Å²) in [5.41, 5.74) is 1.53. The molecule has 21 heavy (non-hydrogen) atoms. The maximum absolute atomic E-state index is 11.8. The summed E-state index contributed by atoms with van der Waals surface area (Å²) < 4.78 is 0. The molecule has 0 fully saturated rings. The van der Waals surface area contributed by atoms with Gasteiger partial charge in [-0.3, -0.25) is 4.79 Å². The minimum absolute atomic E-state index is 0.117. The molecular weight excluding hydrogens is 331 g/mol. The van der Waals surface area contributed by atoms with Crippen molar-refractivity contribution in [3.8, 4) is 0 Å². The van der Waals surface area contributed by atoms with Crippen LogP contribution in [0.25, 0.3) is 0 Å². The summed E-state index contributed by atoms with van der Waals surface area (Å²) in [6.45, 7) is 0.500. The Bertz CT molecular complexity index is 647. The summed E-state index contributed by atoms with van der Waals surface area (Å²) in [5, 5.41) is 7.40. The number of carbonyl (C=O) groups is 1. The Morgan fingerprint density at radius 3 is 2.48 bits per heavy atom. The summed E-state index contributed by atoms with van der Waals surface area (Å²) >= 11 is 17.8. The third kappa shape index (κ3) is 4.81. The fraction of sp³-hybridized carbons (Fsp3) is 0.133. The molecule has 0 saturated carbocycles. The van der Waals surface area contributed by atoms with Crippen LogP contribution >= 0.6 is 34.8 Å². The number of hydrogen-bond acceptors (Lipinski definition) is 2. The molecule has 0 heterocycles. The van der Waals surface area contributed by atoms with Gasteiger partial charge >= 0.3 is 0 Å². The molecule has 6 heteroatoms. The van der Waals surface area contributed by atoms with E-state index in [1.54, 1.807) is 24.3 Å². The first kappa shape index (κ1) is 16.0. The molecule has 3 nitrogen and oxygen atoms in total. The summed E-state index contributed by atoms with van der Waals surface area (Å²) in [4.78, 5) is 11.8. The highest BCUT2D eigenvalue weighted by Gasteiger charge is 2.05. The second kappa shape index (κ2) is 7.55. The topological polar surface area (TPSA) is 41.1 Å². The Morgan fingerprint density at radius 1 is 1.00 bits per heavy atom. The predicted molar refractivity (Wildman–Crippen MR) is 88.3 cm³/mol. The lowest BCUT2D eigenvalue weighted by molar-refractivity contribution is -0.119. The molecule has 0 aromatic heterocycles. The van der Waals surface area contributed by atoms with Gasteiger partial charge in [-0.25, -0.2) is 0 Å². The van der Waals surface area contributed by atoms with E-state index in [0.717, 1.165) is 5.56 Å². The number of rotatable bonds is 5. The number of benzene rings is 2. The second-order valence-corrected chi connectivity index (χ2v) is 5.60. The van der Waals surface area contributed by atoms with Crippen LogP contribution in [-0.4, -0.2) is 12.5 Å². The third-order valence-electron chi connectivity index (χ3n) is 2.80. The second-order valence-electron chi connectivity index (χ2n) is 4.35. The average molecular weight is 344 g/mol. The fourth-order valence-corrected chi connectivity index (χ4v) is 2.38. The summed E-state index contributed by atoms with van der Waals surface area (Å²) in [6.07, 6.45) is 0. The van der Waals surface area contributed by atoms with Gasteiger partial charge in [-0.15, -0.1) is 0 Å². The van der Waals surface area contributed by atoms with Gasteiger partial charge in [0.25, 0.3) is 0 Å². The number of hydrogen-bond donors (Lipinski definition) is 2. The Labute approximate surface area is 138 Å². The van der Waals surface area contributed by atoms with Gasteiger partial charge in [0.05, 0.1) is 17.3 Å². The van der Waals surface area contributed by atoms with Crippen molar-refractivity contribution in [3.05, 3.63) is 63.1 Å². The third-order valence-corrected chi connectivity index (χ3v) is 3.72. The molecule has 0 aliphatic rings. The maximum Gasteiger partial charge on any atom is 0.239 e. The first-order chi connectivity index (χ1) is 10.1. The molecule has 0 bridgehead atoms. The highest BCUT2D eigenvalue weighted by molar-refractivity contribution is 6.36. The molecule has 0 unspecified atom stereocenters. The molecular formula is C15H13Cl3N2O. The Balaban J connectivity index is 1.84. The molecule has 2 rings (SSSR count). The molecule has 0 aliphatic heterocycles. The fourth-order valence-electron chi connectivity index (χ4n) is 1.71.